The monoisotopic (exact) mass is 248 g/mol. The summed E-state index contributed by atoms with van der Waals surface area (Å²) < 4.78 is 2.18. The maximum Gasteiger partial charge on any atom is 0.0945 e. The van der Waals surface area contributed by atoms with Crippen molar-refractivity contribution in [2.75, 3.05) is 19.6 Å². The normalized spacial score (nSPS) is 29.6. The van der Waals surface area contributed by atoms with E-state index >= 15 is 0 Å². The molecule has 0 amide bonds. The molecule has 0 bridgehead atoms. The van der Waals surface area contributed by atoms with E-state index in [1.807, 2.05) is 12.5 Å². The van der Waals surface area contributed by atoms with Crippen LogP contribution in [0.15, 0.2) is 18.7 Å². The van der Waals surface area contributed by atoms with Gasteiger partial charge in [0.15, 0.2) is 0 Å². The molecule has 2 unspecified atom stereocenters. The largest absolute Gasteiger partial charge is 0.337 e. The van der Waals surface area contributed by atoms with E-state index < -0.39 is 0 Å². The van der Waals surface area contributed by atoms with Crippen LogP contribution in [0.2, 0.25) is 0 Å². The van der Waals surface area contributed by atoms with Crippen LogP contribution in [0.25, 0.3) is 0 Å². The predicted octanol–water partition coefficient (Wildman–Crippen LogP) is 1.35. The molecule has 1 N–H and O–H groups in total. The van der Waals surface area contributed by atoms with Gasteiger partial charge in [0.1, 0.15) is 0 Å². The number of piperazine rings is 1. The van der Waals surface area contributed by atoms with Crippen LogP contribution in [0, 0.1) is 5.92 Å². The van der Waals surface area contributed by atoms with Crippen molar-refractivity contribution >= 4 is 0 Å². The smallest absolute Gasteiger partial charge is 0.0945 e. The van der Waals surface area contributed by atoms with Crippen LogP contribution < -0.4 is 5.32 Å². The van der Waals surface area contributed by atoms with Crippen molar-refractivity contribution in [3.63, 3.8) is 0 Å². The minimum atomic E-state index is 0.647. The van der Waals surface area contributed by atoms with Gasteiger partial charge < -0.3 is 9.88 Å². The van der Waals surface area contributed by atoms with Gasteiger partial charge in [0.25, 0.3) is 0 Å². The van der Waals surface area contributed by atoms with Crippen LogP contribution >= 0.6 is 0 Å². The molecule has 100 valence electrons. The molecule has 1 aliphatic carbocycles. The first-order chi connectivity index (χ1) is 8.83. The van der Waals surface area contributed by atoms with E-state index in [4.69, 9.17) is 0 Å². The quantitative estimate of drug-likeness (QED) is 0.854. The number of hydrogen-bond donors (Lipinski definition) is 1. The second-order valence-corrected chi connectivity index (χ2v) is 5.86. The molecule has 0 aromatic carbocycles. The number of imidazole rings is 1. The van der Waals surface area contributed by atoms with Gasteiger partial charge in [0, 0.05) is 50.7 Å². The van der Waals surface area contributed by atoms with Crippen molar-refractivity contribution in [1.29, 1.82) is 0 Å². The highest BCUT2D eigenvalue weighted by molar-refractivity contribution is 4.94. The Morgan fingerprint density at radius 2 is 2.22 bits per heavy atom. The Morgan fingerprint density at radius 3 is 2.94 bits per heavy atom. The highest BCUT2D eigenvalue weighted by Gasteiger charge is 2.37. The molecule has 2 atom stereocenters. The highest BCUT2D eigenvalue weighted by Crippen LogP contribution is 2.36. The van der Waals surface area contributed by atoms with Crippen molar-refractivity contribution in [3.8, 4) is 0 Å². The van der Waals surface area contributed by atoms with Gasteiger partial charge in [0.2, 0.25) is 0 Å². The van der Waals surface area contributed by atoms with Crippen molar-refractivity contribution in [2.24, 2.45) is 5.92 Å². The lowest BCUT2D eigenvalue weighted by Crippen LogP contribution is -2.56. The molecule has 2 fully saturated rings. The van der Waals surface area contributed by atoms with Gasteiger partial charge in [-0.3, -0.25) is 4.90 Å². The molecule has 4 heteroatoms. The number of nitrogens with zero attached hydrogens (tertiary/aromatic N) is 3. The molecule has 1 saturated heterocycles. The molecule has 2 aliphatic rings. The predicted molar refractivity (Wildman–Crippen MR) is 72.4 cm³/mol. The fourth-order valence-electron chi connectivity index (χ4n) is 3.08. The number of aryl methyl sites for hydroxylation is 1. The first-order valence-corrected chi connectivity index (χ1v) is 7.26. The van der Waals surface area contributed by atoms with E-state index in [-0.39, 0.29) is 0 Å². The van der Waals surface area contributed by atoms with Gasteiger partial charge in [-0.2, -0.15) is 0 Å². The number of nitrogens with one attached hydrogen (secondary N) is 1. The summed E-state index contributed by atoms with van der Waals surface area (Å²) in [6.45, 7) is 7.02. The van der Waals surface area contributed by atoms with Crippen LogP contribution in [0.4, 0.5) is 0 Å². The Balaban J connectivity index is 1.49. The molecule has 0 spiro atoms. The molecule has 0 radical (unpaired) electrons. The van der Waals surface area contributed by atoms with Crippen LogP contribution in [0.5, 0.6) is 0 Å². The molecule has 4 nitrogen and oxygen atoms in total. The molecule has 2 heterocycles. The van der Waals surface area contributed by atoms with E-state index in [9.17, 15) is 0 Å². The Labute approximate surface area is 109 Å². The third-order valence-corrected chi connectivity index (χ3v) is 4.24. The molecular formula is C14H24N4. The summed E-state index contributed by atoms with van der Waals surface area (Å²) in [7, 11) is 0. The third-order valence-electron chi connectivity index (χ3n) is 4.24. The lowest BCUT2D eigenvalue weighted by Gasteiger charge is -2.39. The fourth-order valence-corrected chi connectivity index (χ4v) is 3.08. The third kappa shape index (κ3) is 2.93. The number of rotatable bonds is 5. The fraction of sp³-hybridized carbons (Fsp3) is 0.786. The SMILES string of the molecule is CC1CN(CCCn2ccnc2)C(C2CC2)CN1. The first-order valence-electron chi connectivity index (χ1n) is 7.26. The molecule has 3 rings (SSSR count). The average molecular weight is 248 g/mol. The lowest BCUT2D eigenvalue weighted by molar-refractivity contribution is 0.117. The Morgan fingerprint density at radius 1 is 1.33 bits per heavy atom. The van der Waals surface area contributed by atoms with Crippen LogP contribution in [0.1, 0.15) is 26.2 Å². The molecule has 1 aromatic rings. The minimum absolute atomic E-state index is 0.647. The van der Waals surface area contributed by atoms with E-state index in [2.05, 4.69) is 32.9 Å². The number of aromatic nitrogens is 2. The molecule has 1 saturated carbocycles. The Hall–Kier alpha value is -0.870. The van der Waals surface area contributed by atoms with Gasteiger partial charge in [-0.1, -0.05) is 0 Å². The summed E-state index contributed by atoms with van der Waals surface area (Å²) in [4.78, 5) is 6.81. The van der Waals surface area contributed by atoms with Crippen molar-refractivity contribution in [3.05, 3.63) is 18.7 Å². The van der Waals surface area contributed by atoms with Gasteiger partial charge >= 0.3 is 0 Å². The summed E-state index contributed by atoms with van der Waals surface area (Å²) in [6, 6.07) is 1.44. The lowest BCUT2D eigenvalue weighted by atomic mass is 10.1. The maximum absolute atomic E-state index is 4.09. The van der Waals surface area contributed by atoms with Crippen LogP contribution in [0.3, 0.4) is 0 Å². The Bertz CT molecular complexity index is 358. The topological polar surface area (TPSA) is 33.1 Å². The van der Waals surface area contributed by atoms with E-state index in [1.165, 1.54) is 38.9 Å². The van der Waals surface area contributed by atoms with Gasteiger partial charge in [0.05, 0.1) is 6.33 Å². The van der Waals surface area contributed by atoms with Crippen molar-refractivity contribution < 1.29 is 0 Å². The van der Waals surface area contributed by atoms with E-state index in [1.54, 1.807) is 0 Å². The van der Waals surface area contributed by atoms with Gasteiger partial charge in [-0.15, -0.1) is 0 Å². The van der Waals surface area contributed by atoms with E-state index in [0.717, 1.165) is 18.5 Å². The summed E-state index contributed by atoms with van der Waals surface area (Å²) in [6.07, 6.45) is 9.95. The highest BCUT2D eigenvalue weighted by atomic mass is 15.2. The molecule has 1 aromatic heterocycles. The second-order valence-electron chi connectivity index (χ2n) is 5.86. The average Bonchev–Trinajstić information content (AvgIpc) is 3.07. The second kappa shape index (κ2) is 5.41. The maximum atomic E-state index is 4.09. The zero-order valence-corrected chi connectivity index (χ0v) is 11.3. The van der Waals surface area contributed by atoms with Gasteiger partial charge in [-0.25, -0.2) is 4.98 Å². The summed E-state index contributed by atoms with van der Waals surface area (Å²) in [5.41, 5.74) is 0. The minimum Gasteiger partial charge on any atom is -0.337 e. The first kappa shape index (κ1) is 12.2. The summed E-state index contributed by atoms with van der Waals surface area (Å²) in [5, 5.41) is 3.63. The van der Waals surface area contributed by atoms with Crippen LogP contribution in [-0.4, -0.2) is 46.2 Å². The zero-order valence-electron chi connectivity index (χ0n) is 11.3. The molecular weight excluding hydrogens is 224 g/mol. The molecule has 1 aliphatic heterocycles. The van der Waals surface area contributed by atoms with Crippen molar-refractivity contribution in [2.45, 2.75) is 44.8 Å². The van der Waals surface area contributed by atoms with E-state index in [0.29, 0.717) is 6.04 Å². The van der Waals surface area contributed by atoms with Crippen LogP contribution in [-0.2, 0) is 6.54 Å². The zero-order chi connectivity index (χ0) is 12.4. The Kier molecular flexibility index (Phi) is 3.66. The summed E-state index contributed by atoms with van der Waals surface area (Å²) >= 11 is 0. The molecule has 18 heavy (non-hydrogen) atoms. The summed E-state index contributed by atoms with van der Waals surface area (Å²) in [5.74, 6) is 0.971. The van der Waals surface area contributed by atoms with Gasteiger partial charge in [-0.05, 0) is 32.1 Å². The van der Waals surface area contributed by atoms with Crippen molar-refractivity contribution in [1.82, 2.24) is 19.8 Å². The number of hydrogen-bond acceptors (Lipinski definition) is 3. The standard InChI is InChI=1S/C14H24N4/c1-12-10-18(14(9-16-12)13-3-4-13)7-2-6-17-8-5-15-11-17/h5,8,11-14,16H,2-4,6-7,9-10H2,1H3.